The number of methoxy groups -OCH3 is 1. The second-order valence-corrected chi connectivity index (χ2v) is 6.83. The molecule has 24 heavy (non-hydrogen) atoms. The number of ether oxygens (including phenoxy) is 1. The maximum Gasteiger partial charge on any atom is 0.348 e. The van der Waals surface area contributed by atoms with Crippen LogP contribution in [0.1, 0.15) is 16.6 Å². The Bertz CT molecular complexity index is 741. The molecule has 0 aliphatic rings. The van der Waals surface area contributed by atoms with Crippen molar-refractivity contribution in [2.45, 2.75) is 11.8 Å². The molecule has 0 aliphatic carbocycles. The van der Waals surface area contributed by atoms with E-state index in [4.69, 9.17) is 0 Å². The first kappa shape index (κ1) is 18.0. The Labute approximate surface area is 147 Å². The van der Waals surface area contributed by atoms with E-state index in [9.17, 15) is 14.4 Å². The highest BCUT2D eigenvalue weighted by molar-refractivity contribution is 8.00. The molecular weight excluding hydrogens is 348 g/mol. The topological polar surface area (TPSA) is 84.5 Å². The first-order valence-electron chi connectivity index (χ1n) is 6.96. The minimum Gasteiger partial charge on any atom is -0.465 e. The monoisotopic (exact) mass is 364 g/mol. The minimum atomic E-state index is -0.422. The first-order chi connectivity index (χ1) is 11.5. The molecule has 8 heteroatoms. The van der Waals surface area contributed by atoms with Crippen molar-refractivity contribution >= 4 is 51.6 Å². The Morgan fingerprint density at radius 1 is 1.08 bits per heavy atom. The van der Waals surface area contributed by atoms with Crippen molar-refractivity contribution < 1.29 is 19.1 Å². The van der Waals surface area contributed by atoms with Crippen LogP contribution in [0.4, 0.5) is 10.7 Å². The van der Waals surface area contributed by atoms with Crippen LogP contribution in [-0.4, -0.2) is 30.6 Å². The molecule has 0 unspecified atom stereocenters. The van der Waals surface area contributed by atoms with E-state index in [-0.39, 0.29) is 17.6 Å². The number of benzene rings is 1. The maximum atomic E-state index is 11.9. The predicted molar refractivity (Wildman–Crippen MR) is 95.8 cm³/mol. The van der Waals surface area contributed by atoms with Crippen molar-refractivity contribution in [3.8, 4) is 0 Å². The Hall–Kier alpha value is -2.32. The molecule has 0 bridgehead atoms. The first-order valence-corrected chi connectivity index (χ1v) is 8.76. The van der Waals surface area contributed by atoms with E-state index in [1.165, 1.54) is 37.1 Å². The summed E-state index contributed by atoms with van der Waals surface area (Å²) in [6.07, 6.45) is 0. The van der Waals surface area contributed by atoms with Gasteiger partial charge in [0.1, 0.15) is 4.88 Å². The lowest BCUT2D eigenvalue weighted by Gasteiger charge is -2.05. The highest BCUT2D eigenvalue weighted by Gasteiger charge is 2.11. The molecule has 0 radical (unpaired) electrons. The molecule has 0 aliphatic heterocycles. The number of hydrogen-bond donors (Lipinski definition) is 2. The second-order valence-electron chi connectivity index (χ2n) is 4.70. The fourth-order valence-electron chi connectivity index (χ4n) is 1.78. The van der Waals surface area contributed by atoms with Gasteiger partial charge in [0.2, 0.25) is 11.8 Å². The van der Waals surface area contributed by atoms with Crippen molar-refractivity contribution in [1.82, 2.24) is 0 Å². The average molecular weight is 364 g/mol. The Morgan fingerprint density at radius 3 is 2.42 bits per heavy atom. The van der Waals surface area contributed by atoms with Crippen molar-refractivity contribution in [3.63, 3.8) is 0 Å². The molecule has 0 spiro atoms. The number of rotatable bonds is 6. The highest BCUT2D eigenvalue weighted by atomic mass is 32.2. The standard InChI is InChI=1S/C16H16N2O4S2/c1-10(19)17-11-3-5-12(6-4-11)23-9-14(20)18-15-8-7-13(24-15)16(21)22-2/h3-8H,9H2,1-2H3,(H,17,19)(H,18,20). The van der Waals surface area contributed by atoms with E-state index in [1.54, 1.807) is 24.3 Å². The molecule has 2 aromatic rings. The highest BCUT2D eigenvalue weighted by Crippen LogP contribution is 2.24. The van der Waals surface area contributed by atoms with E-state index < -0.39 is 5.97 Å². The van der Waals surface area contributed by atoms with E-state index in [0.717, 1.165) is 4.90 Å². The van der Waals surface area contributed by atoms with Crippen LogP contribution in [0, 0.1) is 0 Å². The summed E-state index contributed by atoms with van der Waals surface area (Å²) in [5.41, 5.74) is 0.713. The van der Waals surface area contributed by atoms with Gasteiger partial charge in [-0.3, -0.25) is 9.59 Å². The lowest BCUT2D eigenvalue weighted by molar-refractivity contribution is -0.114. The number of carbonyl (C=O) groups excluding carboxylic acids is 3. The second kappa shape index (κ2) is 8.51. The van der Waals surface area contributed by atoms with Crippen LogP contribution in [-0.2, 0) is 14.3 Å². The molecule has 2 amide bonds. The zero-order valence-electron chi connectivity index (χ0n) is 13.1. The van der Waals surface area contributed by atoms with Crippen LogP contribution < -0.4 is 10.6 Å². The summed E-state index contributed by atoms with van der Waals surface area (Å²) in [5, 5.41) is 6.02. The average Bonchev–Trinajstić information content (AvgIpc) is 3.01. The van der Waals surface area contributed by atoms with E-state index in [2.05, 4.69) is 15.4 Å². The summed E-state index contributed by atoms with van der Waals surface area (Å²) in [5.74, 6) is -0.472. The predicted octanol–water partition coefficient (Wildman–Crippen LogP) is 3.22. The SMILES string of the molecule is COC(=O)c1ccc(NC(=O)CSc2ccc(NC(C)=O)cc2)s1. The van der Waals surface area contributed by atoms with Gasteiger partial charge in [-0.25, -0.2) is 4.79 Å². The molecular formula is C16H16N2O4S2. The van der Waals surface area contributed by atoms with Crippen LogP contribution in [0.15, 0.2) is 41.3 Å². The molecule has 0 fully saturated rings. The van der Waals surface area contributed by atoms with Crippen LogP contribution in [0.3, 0.4) is 0 Å². The van der Waals surface area contributed by atoms with Gasteiger partial charge < -0.3 is 15.4 Å². The van der Waals surface area contributed by atoms with Crippen LogP contribution >= 0.6 is 23.1 Å². The molecule has 1 aromatic heterocycles. The van der Waals surface area contributed by atoms with Gasteiger partial charge in [-0.2, -0.15) is 0 Å². The smallest absolute Gasteiger partial charge is 0.348 e. The Kier molecular flexibility index (Phi) is 6.39. The summed E-state index contributed by atoms with van der Waals surface area (Å²) < 4.78 is 4.62. The fraction of sp³-hybridized carbons (Fsp3) is 0.188. The summed E-state index contributed by atoms with van der Waals surface area (Å²) in [4.78, 5) is 35.6. The largest absolute Gasteiger partial charge is 0.465 e. The molecule has 126 valence electrons. The number of anilines is 2. The molecule has 2 N–H and O–H groups in total. The third-order valence-corrected chi connectivity index (χ3v) is 4.79. The lowest BCUT2D eigenvalue weighted by atomic mass is 10.3. The third kappa shape index (κ3) is 5.39. The van der Waals surface area contributed by atoms with Gasteiger partial charge in [0.05, 0.1) is 17.9 Å². The molecule has 0 atom stereocenters. The summed E-state index contributed by atoms with van der Waals surface area (Å²) >= 11 is 2.55. The number of hydrogen-bond acceptors (Lipinski definition) is 6. The van der Waals surface area contributed by atoms with Gasteiger partial charge in [-0.05, 0) is 36.4 Å². The quantitative estimate of drug-likeness (QED) is 0.607. The van der Waals surface area contributed by atoms with Gasteiger partial charge >= 0.3 is 5.97 Å². The van der Waals surface area contributed by atoms with Crippen molar-refractivity contribution in [2.24, 2.45) is 0 Å². The zero-order valence-corrected chi connectivity index (χ0v) is 14.8. The van der Waals surface area contributed by atoms with Gasteiger partial charge in [-0.15, -0.1) is 23.1 Å². The van der Waals surface area contributed by atoms with Gasteiger partial charge in [0, 0.05) is 17.5 Å². The third-order valence-electron chi connectivity index (χ3n) is 2.80. The van der Waals surface area contributed by atoms with Crippen LogP contribution in [0.5, 0.6) is 0 Å². The minimum absolute atomic E-state index is 0.128. The van der Waals surface area contributed by atoms with E-state index >= 15 is 0 Å². The van der Waals surface area contributed by atoms with Gasteiger partial charge in [0.15, 0.2) is 0 Å². The normalized spacial score (nSPS) is 10.1. The zero-order chi connectivity index (χ0) is 17.5. The van der Waals surface area contributed by atoms with Crippen molar-refractivity contribution in [1.29, 1.82) is 0 Å². The number of esters is 1. The molecule has 1 heterocycles. The number of carbonyl (C=O) groups is 3. The molecule has 0 saturated carbocycles. The van der Waals surface area contributed by atoms with Gasteiger partial charge in [0.25, 0.3) is 0 Å². The van der Waals surface area contributed by atoms with Crippen LogP contribution in [0.25, 0.3) is 0 Å². The van der Waals surface area contributed by atoms with Crippen molar-refractivity contribution in [3.05, 3.63) is 41.3 Å². The summed E-state index contributed by atoms with van der Waals surface area (Å²) in [7, 11) is 1.31. The van der Waals surface area contributed by atoms with Crippen LogP contribution in [0.2, 0.25) is 0 Å². The fourth-order valence-corrected chi connectivity index (χ4v) is 3.31. The number of thioether (sulfide) groups is 1. The summed E-state index contributed by atoms with van der Waals surface area (Å²) in [6, 6.07) is 10.5. The van der Waals surface area contributed by atoms with Gasteiger partial charge in [-0.1, -0.05) is 0 Å². The lowest BCUT2D eigenvalue weighted by Crippen LogP contribution is -2.12. The van der Waals surface area contributed by atoms with E-state index in [1.807, 2.05) is 12.1 Å². The molecule has 0 saturated heterocycles. The number of amides is 2. The Balaban J connectivity index is 1.83. The van der Waals surface area contributed by atoms with E-state index in [0.29, 0.717) is 15.6 Å². The number of thiophene rings is 1. The Morgan fingerprint density at radius 2 is 1.79 bits per heavy atom. The summed E-state index contributed by atoms with van der Waals surface area (Å²) in [6.45, 7) is 1.45. The molecule has 6 nitrogen and oxygen atoms in total. The maximum absolute atomic E-state index is 11.9. The van der Waals surface area contributed by atoms with Crippen molar-refractivity contribution in [2.75, 3.05) is 23.5 Å². The molecule has 2 rings (SSSR count). The number of nitrogens with one attached hydrogen (secondary N) is 2. The molecule has 1 aromatic carbocycles.